The van der Waals surface area contributed by atoms with Crippen molar-refractivity contribution >= 4 is 17.5 Å². The van der Waals surface area contributed by atoms with E-state index in [4.69, 9.17) is 0 Å². The second-order valence-corrected chi connectivity index (χ2v) is 11.5. The molecule has 0 radical (unpaired) electrons. The molecule has 38 heavy (non-hydrogen) atoms. The lowest BCUT2D eigenvalue weighted by Gasteiger charge is -2.45. The second-order valence-electron chi connectivity index (χ2n) is 11.5. The molecule has 196 valence electrons. The van der Waals surface area contributed by atoms with Gasteiger partial charge in [0.25, 0.3) is 5.91 Å². The predicted molar refractivity (Wildman–Crippen MR) is 151 cm³/mol. The van der Waals surface area contributed by atoms with Gasteiger partial charge in [0.1, 0.15) is 0 Å². The fourth-order valence-corrected chi connectivity index (χ4v) is 7.20. The van der Waals surface area contributed by atoms with E-state index in [-0.39, 0.29) is 47.7 Å². The lowest BCUT2D eigenvalue weighted by molar-refractivity contribution is -0.141. The molecule has 1 saturated carbocycles. The topological polar surface area (TPSA) is 61.4 Å². The van der Waals surface area contributed by atoms with E-state index in [1.165, 1.54) is 11.1 Å². The largest absolute Gasteiger partial charge is 0.378 e. The van der Waals surface area contributed by atoms with Crippen LogP contribution in [0.2, 0.25) is 0 Å². The van der Waals surface area contributed by atoms with Crippen LogP contribution in [0.15, 0.2) is 84.9 Å². The van der Waals surface area contributed by atoms with E-state index in [1.54, 1.807) is 0 Å². The Bertz CT molecular complexity index is 1290. The number of nitrogens with one attached hydrogen (secondary N) is 2. The van der Waals surface area contributed by atoms with Crippen molar-refractivity contribution in [1.29, 1.82) is 0 Å². The van der Waals surface area contributed by atoms with Crippen LogP contribution in [0.3, 0.4) is 0 Å². The molecular formula is C33H37N3O2. The number of nitrogens with zero attached hydrogens (tertiary/aromatic N) is 1. The highest BCUT2D eigenvalue weighted by Gasteiger charge is 2.50. The van der Waals surface area contributed by atoms with Gasteiger partial charge in [0.15, 0.2) is 0 Å². The normalized spacial score (nSPS) is 30.1. The van der Waals surface area contributed by atoms with Gasteiger partial charge in [0.05, 0.1) is 18.0 Å². The van der Waals surface area contributed by atoms with Crippen molar-refractivity contribution in [2.24, 2.45) is 23.7 Å². The van der Waals surface area contributed by atoms with E-state index in [2.05, 4.69) is 84.0 Å². The molecule has 0 bridgehead atoms. The zero-order valence-corrected chi connectivity index (χ0v) is 22.2. The third-order valence-electron chi connectivity index (χ3n) is 9.21. The summed E-state index contributed by atoms with van der Waals surface area (Å²) in [6, 6.07) is 28.4. The summed E-state index contributed by atoms with van der Waals surface area (Å²) in [5.74, 6) is 0.611. The Morgan fingerprint density at radius 3 is 2.24 bits per heavy atom. The molecule has 0 aromatic heterocycles. The Balaban J connectivity index is 1.32. The van der Waals surface area contributed by atoms with Gasteiger partial charge in [-0.3, -0.25) is 9.59 Å². The molecule has 5 nitrogen and oxygen atoms in total. The molecule has 1 saturated heterocycles. The number of amides is 2. The number of likely N-dealkylation sites (tertiary alicyclic amines) is 1. The van der Waals surface area contributed by atoms with Gasteiger partial charge in [-0.2, -0.15) is 0 Å². The van der Waals surface area contributed by atoms with E-state index in [0.29, 0.717) is 11.5 Å². The Kier molecular flexibility index (Phi) is 6.69. The summed E-state index contributed by atoms with van der Waals surface area (Å²) in [7, 11) is 0. The van der Waals surface area contributed by atoms with Crippen LogP contribution in [0, 0.1) is 23.7 Å². The summed E-state index contributed by atoms with van der Waals surface area (Å²) in [5, 5.41) is 7.09. The highest BCUT2D eigenvalue weighted by atomic mass is 16.2. The van der Waals surface area contributed by atoms with Crippen molar-refractivity contribution in [3.8, 4) is 0 Å². The molecule has 2 fully saturated rings. The summed E-state index contributed by atoms with van der Waals surface area (Å²) in [6.45, 7) is 5.11. The van der Waals surface area contributed by atoms with Gasteiger partial charge in [-0.05, 0) is 60.4 Å². The van der Waals surface area contributed by atoms with Crippen molar-refractivity contribution in [2.75, 3.05) is 11.9 Å². The Labute approximate surface area is 225 Å². The molecule has 7 atom stereocenters. The molecule has 2 N–H and O–H groups in total. The lowest BCUT2D eigenvalue weighted by Crippen LogP contribution is -2.55. The first-order chi connectivity index (χ1) is 18.5. The third-order valence-corrected chi connectivity index (χ3v) is 9.21. The van der Waals surface area contributed by atoms with Crippen LogP contribution in [0.4, 0.5) is 5.69 Å². The van der Waals surface area contributed by atoms with E-state index < -0.39 is 0 Å². The Morgan fingerprint density at radius 2 is 1.47 bits per heavy atom. The minimum atomic E-state index is -0.234. The number of carbonyl (C=O) groups is 2. The van der Waals surface area contributed by atoms with Crippen LogP contribution in [0.1, 0.15) is 66.7 Å². The second kappa shape index (κ2) is 10.3. The molecule has 5 heteroatoms. The molecule has 3 aromatic carbocycles. The summed E-state index contributed by atoms with van der Waals surface area (Å²) < 4.78 is 0. The van der Waals surface area contributed by atoms with Crippen LogP contribution in [-0.4, -0.2) is 29.3 Å². The molecule has 1 aliphatic carbocycles. The molecule has 2 heterocycles. The first kappa shape index (κ1) is 24.7. The summed E-state index contributed by atoms with van der Waals surface area (Å²) in [5.41, 5.74) is 4.22. The maximum Gasteiger partial charge on any atom is 0.251 e. The lowest BCUT2D eigenvalue weighted by atomic mass is 9.70. The SMILES string of the molecule is CC1CCC(C)[C@H](NC(=O)c2ccccc2)[C@@H]1C(=O)N1CC[C@H]2[C@@H](c3ccccc3)Nc3ccccc3[C@H]21. The standard InChI is InChI=1S/C33H37N3O2/c1-21-17-18-22(2)29(35-32(37)24-13-7-4-8-14-24)28(21)33(38)36-20-19-26-30(23-11-5-3-6-12-23)34-27-16-10-9-15-25(27)31(26)36/h3-16,21-22,26,28-31,34H,17-20H2,1-2H3,(H,35,37)/t21?,22?,26-,28+,29-,30+,31+/m0/s1. The fourth-order valence-electron chi connectivity index (χ4n) is 7.20. The molecule has 0 spiro atoms. The molecule has 6 rings (SSSR count). The number of hydrogen-bond donors (Lipinski definition) is 2. The summed E-state index contributed by atoms with van der Waals surface area (Å²) >= 11 is 0. The Hall–Kier alpha value is -3.60. The highest BCUT2D eigenvalue weighted by Crippen LogP contribution is 2.52. The molecule has 3 aliphatic rings. The van der Waals surface area contributed by atoms with Crippen LogP contribution >= 0.6 is 0 Å². The van der Waals surface area contributed by atoms with Crippen LogP contribution in [0.25, 0.3) is 0 Å². The van der Waals surface area contributed by atoms with Gasteiger partial charge in [-0.15, -0.1) is 0 Å². The summed E-state index contributed by atoms with van der Waals surface area (Å²) in [4.78, 5) is 29.9. The quantitative estimate of drug-likeness (QED) is 0.440. The number of fused-ring (bicyclic) bond motifs is 3. The first-order valence-corrected chi connectivity index (χ1v) is 14.1. The number of carbonyl (C=O) groups excluding carboxylic acids is 2. The Morgan fingerprint density at radius 1 is 0.816 bits per heavy atom. The molecule has 2 amide bonds. The zero-order valence-electron chi connectivity index (χ0n) is 22.2. The monoisotopic (exact) mass is 507 g/mol. The highest BCUT2D eigenvalue weighted by molar-refractivity contribution is 5.95. The van der Waals surface area contributed by atoms with E-state index in [0.717, 1.165) is 31.5 Å². The zero-order chi connectivity index (χ0) is 26.2. The van der Waals surface area contributed by atoms with Crippen molar-refractivity contribution in [3.05, 3.63) is 102 Å². The van der Waals surface area contributed by atoms with Crippen LogP contribution in [-0.2, 0) is 4.79 Å². The molecular weight excluding hydrogens is 470 g/mol. The van der Waals surface area contributed by atoms with E-state index >= 15 is 0 Å². The predicted octanol–water partition coefficient (Wildman–Crippen LogP) is 6.22. The average molecular weight is 508 g/mol. The van der Waals surface area contributed by atoms with Crippen molar-refractivity contribution in [2.45, 2.75) is 51.2 Å². The number of rotatable bonds is 4. The number of hydrogen-bond acceptors (Lipinski definition) is 3. The van der Waals surface area contributed by atoms with E-state index in [9.17, 15) is 9.59 Å². The minimum Gasteiger partial charge on any atom is -0.378 e. The summed E-state index contributed by atoms with van der Waals surface area (Å²) in [6.07, 6.45) is 2.97. The number of benzene rings is 3. The maximum absolute atomic E-state index is 14.5. The van der Waals surface area contributed by atoms with Gasteiger partial charge < -0.3 is 15.5 Å². The van der Waals surface area contributed by atoms with Crippen molar-refractivity contribution < 1.29 is 9.59 Å². The minimum absolute atomic E-state index is 0.0278. The van der Waals surface area contributed by atoms with Gasteiger partial charge in [-0.1, -0.05) is 80.6 Å². The van der Waals surface area contributed by atoms with Gasteiger partial charge in [0, 0.05) is 29.8 Å². The van der Waals surface area contributed by atoms with Crippen LogP contribution < -0.4 is 10.6 Å². The third kappa shape index (κ3) is 4.38. The molecule has 3 aromatic rings. The van der Waals surface area contributed by atoms with Gasteiger partial charge >= 0.3 is 0 Å². The number of anilines is 1. The smallest absolute Gasteiger partial charge is 0.251 e. The van der Waals surface area contributed by atoms with Gasteiger partial charge in [-0.25, -0.2) is 0 Å². The average Bonchev–Trinajstić information content (AvgIpc) is 3.41. The van der Waals surface area contributed by atoms with Crippen molar-refractivity contribution in [3.63, 3.8) is 0 Å². The van der Waals surface area contributed by atoms with Crippen molar-refractivity contribution in [1.82, 2.24) is 10.2 Å². The maximum atomic E-state index is 14.5. The number of para-hydroxylation sites is 1. The van der Waals surface area contributed by atoms with E-state index in [1.807, 2.05) is 30.3 Å². The first-order valence-electron chi connectivity index (χ1n) is 14.1. The molecule has 2 unspecified atom stereocenters. The fraction of sp³-hybridized carbons (Fsp3) is 0.394. The molecule has 2 aliphatic heterocycles. The van der Waals surface area contributed by atoms with Crippen LogP contribution in [0.5, 0.6) is 0 Å². The van der Waals surface area contributed by atoms with Gasteiger partial charge in [0.2, 0.25) is 5.91 Å².